The van der Waals surface area contributed by atoms with Crippen molar-refractivity contribution < 1.29 is 15.0 Å². The van der Waals surface area contributed by atoms with Crippen molar-refractivity contribution in [2.24, 2.45) is 22.1 Å². The summed E-state index contributed by atoms with van der Waals surface area (Å²) in [6.45, 7) is 6.64. The van der Waals surface area contributed by atoms with Crippen LogP contribution in [0.25, 0.3) is 5.70 Å². The molecule has 0 saturated heterocycles. The first-order valence-corrected chi connectivity index (χ1v) is 14.5. The Morgan fingerprint density at radius 1 is 1.02 bits per heavy atom. The number of rotatable bonds is 9. The van der Waals surface area contributed by atoms with Gasteiger partial charge >= 0.3 is 0 Å². The molecule has 0 radical (unpaired) electrons. The molecule has 6 nitrogen and oxygen atoms in total. The molecule has 5 N–H and O–H groups in total. The predicted octanol–water partition coefficient (Wildman–Crippen LogP) is 6.67. The van der Waals surface area contributed by atoms with Crippen molar-refractivity contribution in [1.29, 1.82) is 0 Å². The van der Waals surface area contributed by atoms with Gasteiger partial charge in [-0.2, -0.15) is 0 Å². The molecular weight excluding hydrogens is 510 g/mol. The Labute approximate surface area is 242 Å². The summed E-state index contributed by atoms with van der Waals surface area (Å²) in [6, 6.07) is 24.6. The van der Waals surface area contributed by atoms with Crippen LogP contribution >= 0.6 is 0 Å². The topological polar surface area (TPSA) is 102 Å². The van der Waals surface area contributed by atoms with Crippen molar-refractivity contribution in [3.05, 3.63) is 113 Å². The molecule has 0 aromatic heterocycles. The van der Waals surface area contributed by atoms with E-state index >= 15 is 0 Å². The molecule has 2 atom stereocenters. The molecule has 5 rings (SSSR count). The summed E-state index contributed by atoms with van der Waals surface area (Å²) in [7, 11) is 0. The molecule has 1 fully saturated rings. The van der Waals surface area contributed by atoms with E-state index in [-0.39, 0.29) is 17.1 Å². The number of phenolic OH excluding ortho intramolecular Hbond substituents is 1. The van der Waals surface area contributed by atoms with Gasteiger partial charge in [0.25, 0.3) is 11.7 Å². The summed E-state index contributed by atoms with van der Waals surface area (Å²) >= 11 is 0. The molecule has 0 unspecified atom stereocenters. The van der Waals surface area contributed by atoms with E-state index in [1.165, 1.54) is 11.1 Å². The van der Waals surface area contributed by atoms with E-state index in [1.807, 2.05) is 30.3 Å². The number of carbonyl (C=O) groups excluding carboxylic acids is 1. The van der Waals surface area contributed by atoms with Crippen LogP contribution in [0.2, 0.25) is 0 Å². The third-order valence-corrected chi connectivity index (χ3v) is 8.69. The van der Waals surface area contributed by atoms with Gasteiger partial charge in [0.2, 0.25) is 0 Å². The van der Waals surface area contributed by atoms with Gasteiger partial charge < -0.3 is 15.9 Å². The highest BCUT2D eigenvalue weighted by atomic mass is 16.3. The molecule has 1 amide bonds. The summed E-state index contributed by atoms with van der Waals surface area (Å²) in [5.74, 6) is 1.66. The number of nitrogens with two attached hydrogens (primary N) is 1. The molecular formula is C35H40N3O3+. The van der Waals surface area contributed by atoms with Gasteiger partial charge in [-0.05, 0) is 77.1 Å². The first-order valence-electron chi connectivity index (χ1n) is 14.5. The molecule has 1 heterocycles. The van der Waals surface area contributed by atoms with Crippen LogP contribution in [0.3, 0.4) is 0 Å². The molecule has 0 bridgehead atoms. The maximum Gasteiger partial charge on any atom is 0.278 e. The minimum Gasteiger partial charge on any atom is -0.593 e. The molecule has 212 valence electrons. The number of benzene rings is 3. The van der Waals surface area contributed by atoms with Gasteiger partial charge in [0.05, 0.1) is 11.4 Å². The standard InChI is InChI=1S/C35H39N3O3/c1-4-9-31(32(36)25-14-18-28(40)19-15-25)38-33(37-30(34(38)41)20-23-12-16-27(39)17-13-23)29-21-26(5-2)35(29,3)22-24-10-7-6-8-11-24/h6-8,10-19,26,39-40H,4-5,9,20-22,36H2,1-3H3/p+1/b32-31-,33-29+/t26-,35+/m0/s1. The van der Waals surface area contributed by atoms with Crippen molar-refractivity contribution in [1.82, 2.24) is 4.90 Å². The third kappa shape index (κ3) is 5.51. The average molecular weight is 551 g/mol. The molecule has 6 heteroatoms. The fourth-order valence-electron chi connectivity index (χ4n) is 6.28. The van der Waals surface area contributed by atoms with Gasteiger partial charge in [-0.25, -0.2) is 4.99 Å². The van der Waals surface area contributed by atoms with Gasteiger partial charge in [-0.1, -0.05) is 76.1 Å². The number of nitrogens with zero attached hydrogens (tertiary/aromatic N) is 2. The third-order valence-electron chi connectivity index (χ3n) is 8.69. The average Bonchev–Trinajstić information content (AvgIpc) is 3.27. The van der Waals surface area contributed by atoms with Crippen molar-refractivity contribution in [2.75, 3.05) is 0 Å². The van der Waals surface area contributed by atoms with Crippen LogP contribution in [0.1, 0.15) is 63.1 Å². The lowest BCUT2D eigenvalue weighted by molar-refractivity contribution is -0.120. The van der Waals surface area contributed by atoms with Crippen LogP contribution < -0.4 is 5.73 Å². The number of amides is 1. The number of allylic oxidation sites excluding steroid dienone is 2. The Kier molecular flexibility index (Phi) is 8.02. The summed E-state index contributed by atoms with van der Waals surface area (Å²) in [5, 5.41) is 17.7. The lowest BCUT2D eigenvalue weighted by atomic mass is 9.54. The van der Waals surface area contributed by atoms with Gasteiger partial charge in [0.1, 0.15) is 17.3 Å². The van der Waals surface area contributed by atoms with E-state index in [0.717, 1.165) is 48.3 Å². The molecule has 1 aliphatic heterocycles. The Hall–Kier alpha value is -4.32. The molecule has 3 aromatic rings. The van der Waals surface area contributed by atoms with E-state index in [2.05, 4.69) is 45.0 Å². The fraction of sp³-hybridized carbons (Fsp3) is 0.314. The maximum atomic E-state index is 14.3. The van der Waals surface area contributed by atoms with Gasteiger partial charge in [-0.15, -0.1) is 0 Å². The van der Waals surface area contributed by atoms with Crippen LogP contribution in [0.5, 0.6) is 11.5 Å². The highest BCUT2D eigenvalue weighted by Gasteiger charge is 2.50. The van der Waals surface area contributed by atoms with Crippen LogP contribution in [0.15, 0.2) is 101 Å². The normalized spacial score (nSPS) is 22.8. The Bertz CT molecular complexity index is 1500. The molecule has 2 aliphatic rings. The molecule has 0 spiro atoms. The van der Waals surface area contributed by atoms with E-state index in [0.29, 0.717) is 35.9 Å². The highest BCUT2D eigenvalue weighted by molar-refractivity contribution is 6.42. The van der Waals surface area contributed by atoms with Gasteiger partial charge in [0, 0.05) is 18.6 Å². The molecule has 1 saturated carbocycles. The lowest BCUT2D eigenvalue weighted by Gasteiger charge is -2.51. The number of phenols is 1. The second-order valence-electron chi connectivity index (χ2n) is 11.4. The van der Waals surface area contributed by atoms with Crippen LogP contribution in [0.4, 0.5) is 0 Å². The molecule has 41 heavy (non-hydrogen) atoms. The van der Waals surface area contributed by atoms with Crippen molar-refractivity contribution in [3.8, 4) is 11.5 Å². The summed E-state index contributed by atoms with van der Waals surface area (Å²) in [6.07, 6.45) is 4.62. The summed E-state index contributed by atoms with van der Waals surface area (Å²) in [4.78, 5) is 21.1. The minimum atomic E-state index is -0.147. The SMILES string of the molecule is CCC/C(=C(/N)c1ccc([OH2+])cc1)N1C(=O)C(Cc2ccc(O)cc2)=N/C1=C1/C[C@H](CC)[C@@]1(C)Cc1ccccc1. The van der Waals surface area contributed by atoms with E-state index in [9.17, 15) is 9.90 Å². The zero-order chi connectivity index (χ0) is 29.1. The number of hydrogen-bond acceptors (Lipinski definition) is 4. The zero-order valence-electron chi connectivity index (χ0n) is 24.2. The van der Waals surface area contributed by atoms with Crippen LogP contribution in [-0.2, 0) is 17.6 Å². The first-order chi connectivity index (χ1) is 19.7. The van der Waals surface area contributed by atoms with Gasteiger partial charge in [0.15, 0.2) is 0 Å². The van der Waals surface area contributed by atoms with Crippen LogP contribution in [0, 0.1) is 11.3 Å². The highest BCUT2D eigenvalue weighted by Crippen LogP contribution is 2.57. The monoisotopic (exact) mass is 550 g/mol. The Morgan fingerprint density at radius 2 is 1.71 bits per heavy atom. The van der Waals surface area contributed by atoms with E-state index < -0.39 is 0 Å². The molecule has 3 aromatic carbocycles. The number of carbonyl (C=O) groups is 1. The fourth-order valence-corrected chi connectivity index (χ4v) is 6.28. The number of aromatic hydroxyl groups is 1. The quantitative estimate of drug-likeness (QED) is 0.291. The van der Waals surface area contributed by atoms with Crippen molar-refractivity contribution in [3.63, 3.8) is 0 Å². The van der Waals surface area contributed by atoms with Crippen LogP contribution in [-0.4, -0.2) is 26.7 Å². The number of aliphatic imine (C=N–C) groups is 1. The Balaban J connectivity index is 1.65. The zero-order valence-corrected chi connectivity index (χ0v) is 24.2. The summed E-state index contributed by atoms with van der Waals surface area (Å²) < 4.78 is 0. The van der Waals surface area contributed by atoms with Gasteiger partial charge in [-0.3, -0.25) is 9.69 Å². The van der Waals surface area contributed by atoms with Crippen molar-refractivity contribution in [2.45, 2.75) is 59.3 Å². The lowest BCUT2D eigenvalue weighted by Crippen LogP contribution is -2.44. The first kappa shape index (κ1) is 28.2. The minimum absolute atomic E-state index is 0.138. The summed E-state index contributed by atoms with van der Waals surface area (Å²) in [5.41, 5.74) is 12.6. The second kappa shape index (κ2) is 11.7. The predicted molar refractivity (Wildman–Crippen MR) is 165 cm³/mol. The van der Waals surface area contributed by atoms with E-state index in [1.54, 1.807) is 29.2 Å². The second-order valence-corrected chi connectivity index (χ2v) is 11.4. The Morgan fingerprint density at radius 3 is 2.34 bits per heavy atom. The largest absolute Gasteiger partial charge is 0.593 e. The smallest absolute Gasteiger partial charge is 0.278 e. The molecule has 1 aliphatic carbocycles. The van der Waals surface area contributed by atoms with Crippen molar-refractivity contribution >= 4 is 17.3 Å². The number of hydrogen-bond donors (Lipinski definition) is 2. The maximum absolute atomic E-state index is 14.3. The van der Waals surface area contributed by atoms with E-state index in [4.69, 9.17) is 15.8 Å².